The average Bonchev–Trinajstić information content (AvgIpc) is 2.47. The topological polar surface area (TPSA) is 59.3 Å². The van der Waals surface area contributed by atoms with Gasteiger partial charge in [0.25, 0.3) is 5.91 Å². The lowest BCUT2D eigenvalue weighted by atomic mass is 9.76. The molecule has 2 rings (SSSR count). The van der Waals surface area contributed by atoms with Crippen LogP contribution in [0.4, 0.5) is 0 Å². The molecule has 0 aromatic carbocycles. The number of pyridine rings is 1. The summed E-state index contributed by atoms with van der Waals surface area (Å²) in [4.78, 5) is 24.0. The van der Waals surface area contributed by atoms with Crippen molar-refractivity contribution in [3.05, 3.63) is 30.1 Å². The van der Waals surface area contributed by atoms with Gasteiger partial charge in [-0.15, -0.1) is 0 Å². The van der Waals surface area contributed by atoms with Crippen molar-refractivity contribution in [1.29, 1.82) is 0 Å². The molecule has 1 saturated carbocycles. The molecule has 0 bridgehead atoms. The van der Waals surface area contributed by atoms with Crippen LogP contribution in [0.3, 0.4) is 0 Å². The van der Waals surface area contributed by atoms with Crippen LogP contribution >= 0.6 is 0 Å². The van der Waals surface area contributed by atoms with E-state index in [1.54, 1.807) is 22.9 Å². The van der Waals surface area contributed by atoms with Gasteiger partial charge in [-0.25, -0.2) is 4.57 Å². The van der Waals surface area contributed by atoms with Gasteiger partial charge in [-0.3, -0.25) is 9.59 Å². The largest absolute Gasteiger partial charge is 0.444 e. The molecule has 114 valence electrons. The van der Waals surface area contributed by atoms with Crippen molar-refractivity contribution >= 4 is 11.9 Å². The van der Waals surface area contributed by atoms with Crippen LogP contribution in [0.2, 0.25) is 0 Å². The average molecular weight is 291 g/mol. The highest BCUT2D eigenvalue weighted by atomic mass is 16.5. The van der Waals surface area contributed by atoms with E-state index in [9.17, 15) is 9.59 Å². The molecule has 1 aromatic rings. The number of carbonyl (C=O) groups is 2. The third-order valence-corrected chi connectivity index (χ3v) is 4.09. The molecule has 5 nitrogen and oxygen atoms in total. The summed E-state index contributed by atoms with van der Waals surface area (Å²) in [5.41, 5.74) is 0.155. The van der Waals surface area contributed by atoms with Crippen molar-refractivity contribution in [3.63, 3.8) is 0 Å². The Hall–Kier alpha value is -1.91. The molecule has 1 aromatic heterocycles. The molecular formula is C16H23N2O3+. The van der Waals surface area contributed by atoms with E-state index >= 15 is 0 Å². The number of nitrogens with zero attached hydrogens (tertiary/aromatic N) is 1. The lowest BCUT2D eigenvalue weighted by molar-refractivity contribution is -0.671. The van der Waals surface area contributed by atoms with Gasteiger partial charge in [-0.05, 0) is 25.8 Å². The van der Waals surface area contributed by atoms with Gasteiger partial charge in [-0.2, -0.15) is 0 Å². The van der Waals surface area contributed by atoms with E-state index in [0.717, 1.165) is 25.7 Å². The molecule has 0 unspecified atom stereocenters. The first-order valence-electron chi connectivity index (χ1n) is 7.42. The Balaban J connectivity index is 1.81. The maximum Gasteiger partial charge on any atom is 0.313 e. The molecule has 1 aliphatic carbocycles. The highest BCUT2D eigenvalue weighted by Gasteiger charge is 2.36. The van der Waals surface area contributed by atoms with E-state index in [0.29, 0.717) is 5.56 Å². The van der Waals surface area contributed by atoms with Gasteiger partial charge in [0.05, 0.1) is 5.41 Å². The van der Waals surface area contributed by atoms with Crippen LogP contribution in [0.25, 0.3) is 0 Å². The third-order valence-electron chi connectivity index (χ3n) is 4.09. The zero-order chi connectivity index (χ0) is 15.3. The Morgan fingerprint density at radius 2 is 2.05 bits per heavy atom. The minimum atomic E-state index is -0.387. The Bertz CT molecular complexity index is 522. The van der Waals surface area contributed by atoms with E-state index in [2.05, 4.69) is 5.32 Å². The Kier molecular flexibility index (Phi) is 4.94. The Morgan fingerprint density at radius 1 is 1.33 bits per heavy atom. The highest BCUT2D eigenvalue weighted by Crippen LogP contribution is 2.36. The fourth-order valence-electron chi connectivity index (χ4n) is 2.70. The number of carbonyl (C=O) groups excluding carboxylic acids is 2. The number of ether oxygens (including phenoxy) is 1. The second-order valence-corrected chi connectivity index (χ2v) is 5.96. The van der Waals surface area contributed by atoms with E-state index in [4.69, 9.17) is 4.74 Å². The van der Waals surface area contributed by atoms with Crippen LogP contribution in [0.5, 0.6) is 0 Å². The Labute approximate surface area is 125 Å². The molecule has 1 heterocycles. The summed E-state index contributed by atoms with van der Waals surface area (Å²) in [6.07, 6.45) is 8.63. The SMILES string of the molecule is C[n+]1cccc(C(=O)NCOC(=O)C2(C)CCCCC2)c1. The number of amides is 1. The first-order chi connectivity index (χ1) is 10.0. The first-order valence-corrected chi connectivity index (χ1v) is 7.42. The smallest absolute Gasteiger partial charge is 0.313 e. The van der Waals surface area contributed by atoms with E-state index in [1.165, 1.54) is 6.42 Å². The number of hydrogen-bond acceptors (Lipinski definition) is 3. The Morgan fingerprint density at radius 3 is 2.71 bits per heavy atom. The number of esters is 1. The monoisotopic (exact) mass is 291 g/mol. The number of aryl methyl sites for hydroxylation is 1. The van der Waals surface area contributed by atoms with Crippen molar-refractivity contribution in [2.45, 2.75) is 39.0 Å². The molecule has 0 aliphatic heterocycles. The molecular weight excluding hydrogens is 268 g/mol. The zero-order valence-electron chi connectivity index (χ0n) is 12.7. The standard InChI is InChI=1S/C16H22N2O3/c1-16(8-4-3-5-9-16)15(20)21-12-17-14(19)13-7-6-10-18(2)11-13/h6-7,10-11H,3-5,8-9,12H2,1-2H3/p+1. The minimum absolute atomic E-state index is 0.0775. The van der Waals surface area contributed by atoms with Crippen LogP contribution in [-0.4, -0.2) is 18.6 Å². The van der Waals surface area contributed by atoms with E-state index in [1.807, 2.05) is 20.2 Å². The van der Waals surface area contributed by atoms with Gasteiger partial charge < -0.3 is 10.1 Å². The molecule has 1 N–H and O–H groups in total. The normalized spacial score (nSPS) is 17.0. The maximum absolute atomic E-state index is 12.1. The van der Waals surface area contributed by atoms with Gasteiger partial charge in [-0.1, -0.05) is 19.3 Å². The first kappa shape index (κ1) is 15.5. The number of rotatable bonds is 4. The molecule has 0 atom stereocenters. The minimum Gasteiger partial charge on any atom is -0.444 e. The molecule has 21 heavy (non-hydrogen) atoms. The molecule has 1 amide bonds. The summed E-state index contributed by atoms with van der Waals surface area (Å²) >= 11 is 0. The molecule has 5 heteroatoms. The van der Waals surface area contributed by atoms with Crippen LogP contribution in [0.15, 0.2) is 24.5 Å². The molecule has 0 spiro atoms. The van der Waals surface area contributed by atoms with Crippen LogP contribution in [0, 0.1) is 5.41 Å². The summed E-state index contributed by atoms with van der Waals surface area (Å²) < 4.78 is 7.02. The summed E-state index contributed by atoms with van der Waals surface area (Å²) in [5.74, 6) is -0.450. The van der Waals surface area contributed by atoms with Crippen molar-refractivity contribution in [1.82, 2.24) is 5.32 Å². The van der Waals surface area contributed by atoms with Crippen LogP contribution < -0.4 is 9.88 Å². The second kappa shape index (κ2) is 6.70. The maximum atomic E-state index is 12.1. The van der Waals surface area contributed by atoms with Crippen LogP contribution in [0.1, 0.15) is 49.4 Å². The summed E-state index contributed by atoms with van der Waals surface area (Å²) in [5, 5.41) is 2.62. The summed E-state index contributed by atoms with van der Waals surface area (Å²) in [6.45, 7) is 1.87. The second-order valence-electron chi connectivity index (χ2n) is 5.96. The predicted octanol–water partition coefficient (Wildman–Crippen LogP) is 1.71. The van der Waals surface area contributed by atoms with Crippen molar-refractivity contribution in [3.8, 4) is 0 Å². The van der Waals surface area contributed by atoms with Crippen molar-refractivity contribution in [2.24, 2.45) is 12.5 Å². The number of nitrogens with one attached hydrogen (secondary N) is 1. The van der Waals surface area contributed by atoms with Crippen molar-refractivity contribution in [2.75, 3.05) is 6.73 Å². The zero-order valence-corrected chi connectivity index (χ0v) is 12.7. The molecule has 1 aliphatic rings. The molecule has 1 fully saturated rings. The van der Waals surface area contributed by atoms with Gasteiger partial charge in [0, 0.05) is 6.07 Å². The van der Waals surface area contributed by atoms with E-state index < -0.39 is 0 Å². The molecule has 0 saturated heterocycles. The lowest BCUT2D eigenvalue weighted by Crippen LogP contribution is -2.36. The van der Waals surface area contributed by atoms with Gasteiger partial charge >= 0.3 is 5.97 Å². The van der Waals surface area contributed by atoms with Crippen molar-refractivity contribution < 1.29 is 18.9 Å². The quantitative estimate of drug-likeness (QED) is 0.522. The highest BCUT2D eigenvalue weighted by molar-refractivity contribution is 5.93. The predicted molar refractivity (Wildman–Crippen MR) is 77.2 cm³/mol. The lowest BCUT2D eigenvalue weighted by Gasteiger charge is -2.30. The summed E-state index contributed by atoms with van der Waals surface area (Å²) in [6, 6.07) is 3.52. The number of hydrogen-bond donors (Lipinski definition) is 1. The fraction of sp³-hybridized carbons (Fsp3) is 0.562. The van der Waals surface area contributed by atoms with Crippen LogP contribution in [-0.2, 0) is 16.6 Å². The summed E-state index contributed by atoms with van der Waals surface area (Å²) in [7, 11) is 1.85. The van der Waals surface area contributed by atoms with Gasteiger partial charge in [0.2, 0.25) is 0 Å². The fourth-order valence-corrected chi connectivity index (χ4v) is 2.70. The van der Waals surface area contributed by atoms with Gasteiger partial charge in [0.15, 0.2) is 19.1 Å². The van der Waals surface area contributed by atoms with Gasteiger partial charge in [0.1, 0.15) is 12.6 Å². The van der Waals surface area contributed by atoms with E-state index in [-0.39, 0.29) is 24.0 Å². The number of aromatic nitrogens is 1. The third kappa shape index (κ3) is 4.03. The molecule has 0 radical (unpaired) electrons.